The molecule has 3 rings (SSSR count). The Hall–Kier alpha value is -2.36. The molecule has 0 radical (unpaired) electrons. The third kappa shape index (κ3) is 2.43. The summed E-state index contributed by atoms with van der Waals surface area (Å²) in [5.74, 6) is -0.889. The average Bonchev–Trinajstić information content (AvgIpc) is 2.97. The number of rotatable bonds is 3. The average molecular weight is 342 g/mol. The highest BCUT2D eigenvalue weighted by Gasteiger charge is 2.62. The van der Waals surface area contributed by atoms with Crippen molar-refractivity contribution >= 4 is 5.97 Å². The third-order valence-electron chi connectivity index (χ3n) is 5.40. The van der Waals surface area contributed by atoms with Gasteiger partial charge < -0.3 is 9.84 Å². The Balaban J connectivity index is 2.33. The number of aliphatic hydroxyl groups is 1. The van der Waals surface area contributed by atoms with Crippen LogP contribution in [0.2, 0.25) is 0 Å². The minimum atomic E-state index is -2.12. The summed E-state index contributed by atoms with van der Waals surface area (Å²) in [5, 5.41) is 10.1. The molecular weight excluding hydrogens is 319 g/mol. The number of allylic oxidation sites excluding steroid dienone is 4. The van der Waals surface area contributed by atoms with Gasteiger partial charge in [0.05, 0.1) is 7.11 Å². The van der Waals surface area contributed by atoms with Crippen LogP contribution < -0.4 is 0 Å². The molecule has 4 heteroatoms. The monoisotopic (exact) mass is 342 g/mol. The number of alkyl halides is 1. The highest BCUT2D eigenvalue weighted by molar-refractivity contribution is 5.90. The van der Waals surface area contributed by atoms with Gasteiger partial charge in [0.25, 0.3) is 0 Å². The van der Waals surface area contributed by atoms with Crippen LogP contribution in [0.1, 0.15) is 32.3 Å². The van der Waals surface area contributed by atoms with Crippen molar-refractivity contribution < 1.29 is 19.0 Å². The van der Waals surface area contributed by atoms with E-state index in [1.54, 1.807) is 30.3 Å². The van der Waals surface area contributed by atoms with E-state index in [0.29, 0.717) is 11.1 Å². The third-order valence-corrected chi connectivity index (χ3v) is 5.40. The standard InChI is InChI=1S/C21H23FO3/c1-19(2)12-7-10-17(19)21(22)13-11-16(23)14-20(21,18(24)25-3)15-8-5-4-6-9-15/h4-6,8-11,13-14,23H,7,12H2,1-3H3. The smallest absolute Gasteiger partial charge is 0.324 e. The van der Waals surface area contributed by atoms with Gasteiger partial charge in [-0.05, 0) is 47.6 Å². The fourth-order valence-corrected chi connectivity index (χ4v) is 4.12. The lowest BCUT2D eigenvalue weighted by Crippen LogP contribution is -2.56. The number of carbonyl (C=O) groups is 1. The molecule has 2 aliphatic carbocycles. The number of hydrogen-bond donors (Lipinski definition) is 1. The second-order valence-electron chi connectivity index (χ2n) is 7.32. The lowest BCUT2D eigenvalue weighted by molar-refractivity contribution is -0.149. The Morgan fingerprint density at radius 3 is 2.48 bits per heavy atom. The van der Waals surface area contributed by atoms with E-state index in [0.717, 1.165) is 12.8 Å². The number of aliphatic hydroxyl groups excluding tert-OH is 1. The molecule has 0 aromatic heterocycles. The summed E-state index contributed by atoms with van der Waals surface area (Å²) >= 11 is 0. The molecule has 2 unspecified atom stereocenters. The summed E-state index contributed by atoms with van der Waals surface area (Å²) in [6.07, 6.45) is 7.34. The SMILES string of the molecule is COC(=O)C1(c2ccccc2)C=C(O)C=CC1(F)C1=CCCC1(C)C. The first-order valence-corrected chi connectivity index (χ1v) is 8.43. The molecule has 0 amide bonds. The summed E-state index contributed by atoms with van der Waals surface area (Å²) in [7, 11) is 1.24. The lowest BCUT2D eigenvalue weighted by Gasteiger charge is -2.45. The number of ether oxygens (including phenoxy) is 1. The maximum absolute atomic E-state index is 16.8. The highest BCUT2D eigenvalue weighted by atomic mass is 19.1. The van der Waals surface area contributed by atoms with E-state index in [4.69, 9.17) is 4.74 Å². The van der Waals surface area contributed by atoms with Crippen LogP contribution in [0.3, 0.4) is 0 Å². The number of methoxy groups -OCH3 is 1. The van der Waals surface area contributed by atoms with Crippen LogP contribution in [-0.4, -0.2) is 23.9 Å². The van der Waals surface area contributed by atoms with Crippen LogP contribution >= 0.6 is 0 Å². The Labute approximate surface area is 147 Å². The summed E-state index contributed by atoms with van der Waals surface area (Å²) in [6, 6.07) is 8.68. The maximum Gasteiger partial charge on any atom is 0.324 e. The molecular formula is C21H23FO3. The minimum absolute atomic E-state index is 0.154. The molecule has 0 bridgehead atoms. The van der Waals surface area contributed by atoms with Crippen LogP contribution in [0.15, 0.2) is 66.0 Å². The van der Waals surface area contributed by atoms with Gasteiger partial charge in [0.1, 0.15) is 5.76 Å². The van der Waals surface area contributed by atoms with Gasteiger partial charge in [-0.15, -0.1) is 0 Å². The van der Waals surface area contributed by atoms with Crippen LogP contribution in [-0.2, 0) is 14.9 Å². The summed E-state index contributed by atoms with van der Waals surface area (Å²) in [5.41, 5.74) is -3.28. The number of carbonyl (C=O) groups excluding carboxylic acids is 1. The van der Waals surface area contributed by atoms with Gasteiger partial charge in [0.15, 0.2) is 11.1 Å². The van der Waals surface area contributed by atoms with Crippen molar-refractivity contribution in [2.24, 2.45) is 5.41 Å². The lowest BCUT2D eigenvalue weighted by atomic mass is 9.59. The predicted octanol–water partition coefficient (Wildman–Crippen LogP) is 4.56. The molecule has 25 heavy (non-hydrogen) atoms. The Morgan fingerprint density at radius 2 is 1.92 bits per heavy atom. The molecule has 1 aromatic carbocycles. The van der Waals surface area contributed by atoms with E-state index in [1.807, 2.05) is 19.9 Å². The second-order valence-corrected chi connectivity index (χ2v) is 7.32. The molecule has 2 atom stereocenters. The molecule has 3 nitrogen and oxygen atoms in total. The number of halogens is 1. The molecule has 1 aromatic rings. The zero-order chi connectivity index (χ0) is 18.3. The van der Waals surface area contributed by atoms with E-state index in [2.05, 4.69) is 0 Å². The van der Waals surface area contributed by atoms with Crippen LogP contribution in [0, 0.1) is 5.41 Å². The summed E-state index contributed by atoms with van der Waals surface area (Å²) < 4.78 is 21.8. The highest BCUT2D eigenvalue weighted by Crippen LogP contribution is 2.56. The Bertz CT molecular complexity index is 776. The molecule has 132 valence electrons. The van der Waals surface area contributed by atoms with Crippen LogP contribution in [0.4, 0.5) is 4.39 Å². The van der Waals surface area contributed by atoms with Gasteiger partial charge in [-0.1, -0.05) is 50.3 Å². The van der Waals surface area contributed by atoms with Gasteiger partial charge in [0, 0.05) is 0 Å². The fraction of sp³-hybridized carbons (Fsp3) is 0.381. The first-order chi connectivity index (χ1) is 11.8. The van der Waals surface area contributed by atoms with E-state index in [9.17, 15) is 9.90 Å². The molecule has 1 N–H and O–H groups in total. The van der Waals surface area contributed by atoms with Gasteiger partial charge in [-0.2, -0.15) is 0 Å². The normalized spacial score (nSPS) is 30.6. The zero-order valence-corrected chi connectivity index (χ0v) is 14.8. The van der Waals surface area contributed by atoms with E-state index >= 15 is 4.39 Å². The van der Waals surface area contributed by atoms with Gasteiger partial charge in [-0.25, -0.2) is 4.39 Å². The van der Waals surface area contributed by atoms with Crippen molar-refractivity contribution in [2.45, 2.75) is 37.8 Å². The molecule has 0 spiro atoms. The van der Waals surface area contributed by atoms with Crippen LogP contribution in [0.25, 0.3) is 0 Å². The maximum atomic E-state index is 16.8. The molecule has 0 saturated heterocycles. The van der Waals surface area contributed by atoms with Gasteiger partial charge in [0.2, 0.25) is 0 Å². The summed E-state index contributed by atoms with van der Waals surface area (Å²) in [6.45, 7) is 3.96. The topological polar surface area (TPSA) is 46.5 Å². The number of esters is 1. The van der Waals surface area contributed by atoms with Crippen molar-refractivity contribution in [3.8, 4) is 0 Å². The van der Waals surface area contributed by atoms with E-state index in [-0.39, 0.29) is 5.76 Å². The van der Waals surface area contributed by atoms with Gasteiger partial charge in [-0.3, -0.25) is 4.79 Å². The molecule has 2 aliphatic rings. The molecule has 0 heterocycles. The van der Waals surface area contributed by atoms with Gasteiger partial charge >= 0.3 is 5.97 Å². The predicted molar refractivity (Wildman–Crippen MR) is 94.9 cm³/mol. The fourth-order valence-electron chi connectivity index (χ4n) is 4.12. The Morgan fingerprint density at radius 1 is 1.24 bits per heavy atom. The van der Waals surface area contributed by atoms with Crippen molar-refractivity contribution in [1.82, 2.24) is 0 Å². The number of benzene rings is 1. The van der Waals surface area contributed by atoms with Crippen molar-refractivity contribution in [1.29, 1.82) is 0 Å². The largest absolute Gasteiger partial charge is 0.508 e. The van der Waals surface area contributed by atoms with Crippen molar-refractivity contribution in [3.05, 3.63) is 71.5 Å². The van der Waals surface area contributed by atoms with E-state index < -0.39 is 22.5 Å². The second kappa shape index (κ2) is 5.87. The molecule has 0 aliphatic heterocycles. The van der Waals surface area contributed by atoms with E-state index in [1.165, 1.54) is 25.3 Å². The first kappa shape index (κ1) is 17.5. The zero-order valence-electron chi connectivity index (χ0n) is 14.8. The molecule has 0 fully saturated rings. The quantitative estimate of drug-likeness (QED) is 0.647. The number of hydrogen-bond acceptors (Lipinski definition) is 3. The van der Waals surface area contributed by atoms with Crippen molar-refractivity contribution in [3.63, 3.8) is 0 Å². The Kier molecular flexibility index (Phi) is 4.10. The summed E-state index contributed by atoms with van der Waals surface area (Å²) in [4.78, 5) is 12.9. The van der Waals surface area contributed by atoms with Crippen LogP contribution in [0.5, 0.6) is 0 Å². The minimum Gasteiger partial charge on any atom is -0.508 e. The van der Waals surface area contributed by atoms with Crippen molar-refractivity contribution in [2.75, 3.05) is 7.11 Å². The molecule has 0 saturated carbocycles. The first-order valence-electron chi connectivity index (χ1n) is 8.43.